The quantitative estimate of drug-likeness (QED) is 0.284. The largest absolute Gasteiger partial charge is 0.382 e. The highest BCUT2D eigenvalue weighted by molar-refractivity contribution is 6.06. The molecule has 4 rings (SSSR count). The van der Waals surface area contributed by atoms with Gasteiger partial charge in [-0.25, -0.2) is 14.8 Å². The van der Waals surface area contributed by atoms with Crippen LogP contribution in [0.1, 0.15) is 36.5 Å². The normalized spacial score (nSPS) is 11.0. The number of hydrogen-bond donors (Lipinski definition) is 3. The Labute approximate surface area is 185 Å². The molecule has 32 heavy (non-hydrogen) atoms. The van der Waals surface area contributed by atoms with Crippen LogP contribution in [0, 0.1) is 0 Å². The van der Waals surface area contributed by atoms with Crippen LogP contribution in [0.5, 0.6) is 0 Å². The SMILES string of the molecule is CCC(=O)c1ccc(NC(=O)NCCCCn2cnc3c(N)nc4ccccc4c32)cc1. The number of pyridine rings is 1. The molecular weight excluding hydrogens is 404 g/mol. The maximum atomic E-state index is 12.1. The smallest absolute Gasteiger partial charge is 0.319 e. The van der Waals surface area contributed by atoms with Crippen molar-refractivity contribution in [2.45, 2.75) is 32.7 Å². The lowest BCUT2D eigenvalue weighted by atomic mass is 10.1. The summed E-state index contributed by atoms with van der Waals surface area (Å²) in [6.07, 6.45) is 3.94. The number of urea groups is 1. The van der Waals surface area contributed by atoms with Gasteiger partial charge in [0.15, 0.2) is 11.6 Å². The van der Waals surface area contributed by atoms with Crippen LogP contribution in [-0.4, -0.2) is 32.9 Å². The molecule has 0 aliphatic carbocycles. The van der Waals surface area contributed by atoms with E-state index in [4.69, 9.17) is 5.73 Å². The number of nitrogen functional groups attached to an aromatic ring is 1. The van der Waals surface area contributed by atoms with Crippen LogP contribution in [0.25, 0.3) is 21.9 Å². The highest BCUT2D eigenvalue weighted by Gasteiger charge is 2.12. The molecule has 0 unspecified atom stereocenters. The van der Waals surface area contributed by atoms with Gasteiger partial charge < -0.3 is 20.9 Å². The summed E-state index contributed by atoms with van der Waals surface area (Å²) >= 11 is 0. The van der Waals surface area contributed by atoms with Crippen LogP contribution in [0.4, 0.5) is 16.3 Å². The molecule has 2 amide bonds. The summed E-state index contributed by atoms with van der Waals surface area (Å²) in [6, 6.07) is 14.5. The van der Waals surface area contributed by atoms with Gasteiger partial charge in [-0.2, -0.15) is 0 Å². The number of aromatic nitrogens is 3. The molecule has 4 N–H and O–H groups in total. The van der Waals surface area contributed by atoms with Gasteiger partial charge in [0.05, 0.1) is 17.4 Å². The number of Topliss-reactive ketones (excluding diaryl/α,β-unsaturated/α-hetero) is 1. The molecule has 8 nitrogen and oxygen atoms in total. The fourth-order valence-electron chi connectivity index (χ4n) is 3.70. The molecule has 0 saturated carbocycles. The monoisotopic (exact) mass is 430 g/mol. The molecule has 4 aromatic rings. The Morgan fingerprint density at radius 3 is 2.62 bits per heavy atom. The topological polar surface area (TPSA) is 115 Å². The molecular formula is C24H26N6O2. The first-order chi connectivity index (χ1) is 15.6. The molecule has 2 aromatic carbocycles. The predicted octanol–water partition coefficient (Wildman–Crippen LogP) is 4.36. The highest BCUT2D eigenvalue weighted by atomic mass is 16.2. The van der Waals surface area contributed by atoms with Crippen LogP contribution >= 0.6 is 0 Å². The minimum absolute atomic E-state index is 0.0821. The number of carbonyl (C=O) groups excluding carboxylic acids is 2. The zero-order chi connectivity index (χ0) is 22.5. The summed E-state index contributed by atoms with van der Waals surface area (Å²) in [6.45, 7) is 3.14. The number of nitrogens with one attached hydrogen (secondary N) is 2. The molecule has 0 fully saturated rings. The predicted molar refractivity (Wildman–Crippen MR) is 127 cm³/mol. The van der Waals surface area contributed by atoms with E-state index in [1.54, 1.807) is 30.6 Å². The van der Waals surface area contributed by atoms with E-state index in [0.717, 1.165) is 35.8 Å². The molecule has 0 spiro atoms. The van der Waals surface area contributed by atoms with Crippen molar-refractivity contribution < 1.29 is 9.59 Å². The first-order valence-electron chi connectivity index (χ1n) is 10.7. The Morgan fingerprint density at radius 1 is 1.06 bits per heavy atom. The number of amides is 2. The molecule has 2 aromatic heterocycles. The summed E-state index contributed by atoms with van der Waals surface area (Å²) in [5.41, 5.74) is 9.94. The summed E-state index contributed by atoms with van der Waals surface area (Å²) in [4.78, 5) is 32.7. The number of carbonyl (C=O) groups is 2. The number of nitrogens with two attached hydrogens (primary N) is 1. The van der Waals surface area contributed by atoms with Crippen LogP contribution in [0.15, 0.2) is 54.9 Å². The second-order valence-corrected chi connectivity index (χ2v) is 7.59. The summed E-state index contributed by atoms with van der Waals surface area (Å²) in [7, 11) is 0. The van der Waals surface area contributed by atoms with Crippen LogP contribution in [0.2, 0.25) is 0 Å². The maximum absolute atomic E-state index is 12.1. The van der Waals surface area contributed by atoms with E-state index in [-0.39, 0.29) is 11.8 Å². The zero-order valence-corrected chi connectivity index (χ0v) is 18.0. The van der Waals surface area contributed by atoms with Crippen LogP contribution in [0.3, 0.4) is 0 Å². The van der Waals surface area contributed by atoms with Gasteiger partial charge in [0.1, 0.15) is 5.52 Å². The molecule has 0 aliphatic rings. The van der Waals surface area contributed by atoms with E-state index in [2.05, 4.69) is 25.2 Å². The second kappa shape index (κ2) is 9.47. The van der Waals surface area contributed by atoms with E-state index in [0.29, 0.717) is 35.6 Å². The number of hydrogen-bond acceptors (Lipinski definition) is 5. The summed E-state index contributed by atoms with van der Waals surface area (Å²) < 4.78 is 2.09. The number of rotatable bonds is 8. The lowest BCUT2D eigenvalue weighted by Crippen LogP contribution is -2.29. The number of ketones is 1. The van der Waals surface area contributed by atoms with Crippen molar-refractivity contribution in [2.24, 2.45) is 0 Å². The van der Waals surface area contributed by atoms with Gasteiger partial charge in [-0.1, -0.05) is 25.1 Å². The summed E-state index contributed by atoms with van der Waals surface area (Å²) in [5.74, 6) is 0.515. The van der Waals surface area contributed by atoms with Crippen molar-refractivity contribution in [2.75, 3.05) is 17.6 Å². The van der Waals surface area contributed by atoms with Crippen molar-refractivity contribution in [1.82, 2.24) is 19.9 Å². The second-order valence-electron chi connectivity index (χ2n) is 7.59. The molecule has 8 heteroatoms. The average Bonchev–Trinajstić information content (AvgIpc) is 3.24. The van der Waals surface area contributed by atoms with E-state index in [1.165, 1.54) is 0 Å². The number of imidazole rings is 1. The van der Waals surface area contributed by atoms with Crippen LogP contribution < -0.4 is 16.4 Å². The standard InChI is InChI=1S/C24H26N6O2/c1-2-20(31)16-9-11-17(12-10-16)28-24(32)26-13-5-6-14-30-15-27-21-22(30)18-7-3-4-8-19(18)29-23(21)25/h3-4,7-12,15H,2,5-6,13-14H2,1H3,(H2,25,29)(H2,26,28,32). The third kappa shape index (κ3) is 4.54. The number of anilines is 2. The number of nitrogens with zero attached hydrogens (tertiary/aromatic N) is 3. The molecule has 0 bridgehead atoms. The molecule has 2 heterocycles. The molecule has 164 valence electrons. The fraction of sp³-hybridized carbons (Fsp3) is 0.250. The highest BCUT2D eigenvalue weighted by Crippen LogP contribution is 2.27. The van der Waals surface area contributed by atoms with Gasteiger partial charge in [0, 0.05) is 36.1 Å². The molecule has 0 atom stereocenters. The molecule has 0 radical (unpaired) electrons. The molecule has 0 saturated heterocycles. The van der Waals surface area contributed by atoms with E-state index < -0.39 is 0 Å². The van der Waals surface area contributed by atoms with E-state index in [1.807, 2.05) is 31.2 Å². The van der Waals surface area contributed by atoms with Crippen molar-refractivity contribution in [3.8, 4) is 0 Å². The Bertz CT molecular complexity index is 1260. The lowest BCUT2D eigenvalue weighted by Gasteiger charge is -2.09. The fourth-order valence-corrected chi connectivity index (χ4v) is 3.70. The number of para-hydroxylation sites is 1. The van der Waals surface area contributed by atoms with E-state index in [9.17, 15) is 9.59 Å². The number of aryl methyl sites for hydroxylation is 1. The Morgan fingerprint density at radius 2 is 1.84 bits per heavy atom. The Kier molecular flexibility index (Phi) is 6.30. The van der Waals surface area contributed by atoms with Crippen LogP contribution in [-0.2, 0) is 6.54 Å². The minimum Gasteiger partial charge on any atom is -0.382 e. The van der Waals surface area contributed by atoms with Crippen molar-refractivity contribution >= 4 is 45.3 Å². The lowest BCUT2D eigenvalue weighted by molar-refractivity contribution is 0.0988. The van der Waals surface area contributed by atoms with Crippen molar-refractivity contribution in [1.29, 1.82) is 0 Å². The Hall–Kier alpha value is -3.94. The van der Waals surface area contributed by atoms with E-state index >= 15 is 0 Å². The third-order valence-electron chi connectivity index (χ3n) is 5.38. The van der Waals surface area contributed by atoms with Gasteiger partial charge in [0.25, 0.3) is 0 Å². The Balaban J connectivity index is 1.28. The molecule has 0 aliphatic heterocycles. The van der Waals surface area contributed by atoms with Crippen molar-refractivity contribution in [3.63, 3.8) is 0 Å². The third-order valence-corrected chi connectivity index (χ3v) is 5.38. The number of unbranched alkanes of at least 4 members (excludes halogenated alkanes) is 1. The first kappa shape index (κ1) is 21.3. The number of fused-ring (bicyclic) bond motifs is 3. The van der Waals surface area contributed by atoms with Crippen molar-refractivity contribution in [3.05, 3.63) is 60.4 Å². The van der Waals surface area contributed by atoms with Gasteiger partial charge in [-0.15, -0.1) is 0 Å². The summed E-state index contributed by atoms with van der Waals surface area (Å²) in [5, 5.41) is 6.67. The average molecular weight is 431 g/mol. The maximum Gasteiger partial charge on any atom is 0.319 e. The minimum atomic E-state index is -0.266. The van der Waals surface area contributed by atoms with Gasteiger partial charge in [0.2, 0.25) is 0 Å². The zero-order valence-electron chi connectivity index (χ0n) is 18.0. The number of benzene rings is 2. The van der Waals surface area contributed by atoms with Gasteiger partial charge in [-0.3, -0.25) is 4.79 Å². The van der Waals surface area contributed by atoms with Gasteiger partial charge in [-0.05, 0) is 43.2 Å². The first-order valence-corrected chi connectivity index (χ1v) is 10.7. The van der Waals surface area contributed by atoms with Gasteiger partial charge >= 0.3 is 6.03 Å².